The van der Waals surface area contributed by atoms with Gasteiger partial charge < -0.3 is 4.57 Å². The molecular formula is C13H9Cl2N3OS2. The number of rotatable bonds is 2. The molecule has 3 rings (SSSR count). The lowest BCUT2D eigenvalue weighted by atomic mass is 10.3. The van der Waals surface area contributed by atoms with E-state index in [1.807, 2.05) is 35.9 Å². The van der Waals surface area contributed by atoms with Crippen molar-refractivity contribution in [2.45, 2.75) is 0 Å². The molecule has 108 valence electrons. The first-order chi connectivity index (χ1) is 10.1. The molecule has 1 N–H and O–H groups in total. The molecule has 8 heteroatoms. The van der Waals surface area contributed by atoms with E-state index < -0.39 is 0 Å². The van der Waals surface area contributed by atoms with Gasteiger partial charge in [-0.25, -0.2) is 5.43 Å². The molecule has 0 fully saturated rings. The third-order valence-electron chi connectivity index (χ3n) is 2.87. The Morgan fingerprint density at radius 1 is 1.29 bits per heavy atom. The van der Waals surface area contributed by atoms with Gasteiger partial charge in [0.2, 0.25) is 4.80 Å². The fourth-order valence-corrected chi connectivity index (χ4v) is 4.28. The molecule has 2 aromatic heterocycles. The topological polar surface area (TPSA) is 46.4 Å². The highest BCUT2D eigenvalue weighted by molar-refractivity contribution is 7.20. The first-order valence-corrected chi connectivity index (χ1v) is 8.28. The monoisotopic (exact) mass is 357 g/mol. The van der Waals surface area contributed by atoms with Crippen LogP contribution in [-0.2, 0) is 7.05 Å². The van der Waals surface area contributed by atoms with E-state index in [0.29, 0.717) is 19.0 Å². The van der Waals surface area contributed by atoms with Crippen molar-refractivity contribution < 1.29 is 4.79 Å². The molecule has 4 nitrogen and oxygen atoms in total. The molecule has 0 bridgehead atoms. The fourth-order valence-electron chi connectivity index (χ4n) is 1.84. The number of benzene rings is 1. The van der Waals surface area contributed by atoms with Crippen LogP contribution in [0.3, 0.4) is 0 Å². The Bertz CT molecular complexity index is 894. The molecule has 2 heterocycles. The van der Waals surface area contributed by atoms with E-state index in [1.54, 1.807) is 0 Å². The molecule has 0 saturated carbocycles. The standard InChI is InChI=1S/C13H9Cl2N3OS2/c1-18-8-4-2-3-5-9(8)20-13(18)17-16-12(19)7-6-10(14)21-11(7)15/h2-6H,1H3,(H,16,19)/b17-13+. The number of carbonyl (C=O) groups is 1. The number of amides is 1. The maximum Gasteiger partial charge on any atom is 0.273 e. The first-order valence-electron chi connectivity index (χ1n) is 5.89. The molecule has 0 saturated heterocycles. The quantitative estimate of drug-likeness (QED) is 0.695. The van der Waals surface area contributed by atoms with Crippen LogP contribution in [0.25, 0.3) is 10.2 Å². The number of fused-ring (bicyclic) bond motifs is 1. The summed E-state index contributed by atoms with van der Waals surface area (Å²) < 4.78 is 3.85. The molecule has 0 aliphatic carbocycles. The van der Waals surface area contributed by atoms with Crippen LogP contribution in [0.2, 0.25) is 8.67 Å². The van der Waals surface area contributed by atoms with Gasteiger partial charge in [-0.15, -0.1) is 16.4 Å². The number of hydrogen-bond donors (Lipinski definition) is 1. The minimum Gasteiger partial charge on any atom is -0.318 e. The number of carbonyl (C=O) groups excluding carboxylic acids is 1. The zero-order valence-electron chi connectivity index (χ0n) is 10.8. The molecule has 0 aliphatic heterocycles. The van der Waals surface area contributed by atoms with Crippen LogP contribution in [0.1, 0.15) is 10.4 Å². The molecule has 3 aromatic rings. The number of nitrogens with zero attached hydrogens (tertiary/aromatic N) is 2. The smallest absolute Gasteiger partial charge is 0.273 e. The summed E-state index contributed by atoms with van der Waals surface area (Å²) in [6, 6.07) is 9.47. The van der Waals surface area contributed by atoms with Crippen molar-refractivity contribution in [3.8, 4) is 0 Å². The summed E-state index contributed by atoms with van der Waals surface area (Å²) in [5.41, 5.74) is 3.91. The average Bonchev–Trinajstić information content (AvgIpc) is 2.97. The third-order valence-corrected chi connectivity index (χ3v) is 5.47. The average molecular weight is 358 g/mol. The summed E-state index contributed by atoms with van der Waals surface area (Å²) in [6.45, 7) is 0. The second kappa shape index (κ2) is 5.81. The van der Waals surface area contributed by atoms with Crippen LogP contribution < -0.4 is 10.2 Å². The van der Waals surface area contributed by atoms with Crippen molar-refractivity contribution in [1.29, 1.82) is 0 Å². The lowest BCUT2D eigenvalue weighted by Crippen LogP contribution is -2.23. The molecular weight excluding hydrogens is 349 g/mol. The fraction of sp³-hybridized carbons (Fsp3) is 0.0769. The number of aryl methyl sites for hydroxylation is 1. The van der Waals surface area contributed by atoms with Gasteiger partial charge in [-0.3, -0.25) is 4.79 Å². The third kappa shape index (κ3) is 2.85. The number of thiazole rings is 1. The Morgan fingerprint density at radius 3 is 2.71 bits per heavy atom. The summed E-state index contributed by atoms with van der Waals surface area (Å²) in [6.07, 6.45) is 0. The SMILES string of the molecule is Cn1/c(=N\NC(=O)c2cc(Cl)sc2Cl)sc2ccccc21. The van der Waals surface area contributed by atoms with Crippen LogP contribution in [0, 0.1) is 0 Å². The summed E-state index contributed by atoms with van der Waals surface area (Å²) >= 11 is 14.4. The minimum atomic E-state index is -0.374. The predicted molar refractivity (Wildman–Crippen MR) is 88.2 cm³/mol. The van der Waals surface area contributed by atoms with Gasteiger partial charge in [0.1, 0.15) is 4.34 Å². The summed E-state index contributed by atoms with van der Waals surface area (Å²) in [5.74, 6) is -0.374. The summed E-state index contributed by atoms with van der Waals surface area (Å²) in [7, 11) is 1.90. The molecule has 0 radical (unpaired) electrons. The van der Waals surface area contributed by atoms with Gasteiger partial charge in [0.05, 0.1) is 20.1 Å². The first kappa shape index (κ1) is 14.6. The number of aromatic nitrogens is 1. The van der Waals surface area contributed by atoms with Crippen molar-refractivity contribution in [2.75, 3.05) is 0 Å². The Balaban J connectivity index is 1.93. The molecule has 0 unspecified atom stereocenters. The van der Waals surface area contributed by atoms with E-state index >= 15 is 0 Å². The summed E-state index contributed by atoms with van der Waals surface area (Å²) in [5, 5.41) is 4.15. The van der Waals surface area contributed by atoms with Crippen molar-refractivity contribution in [3.63, 3.8) is 0 Å². The van der Waals surface area contributed by atoms with Crippen molar-refractivity contribution >= 4 is 62.0 Å². The highest BCUT2D eigenvalue weighted by atomic mass is 35.5. The van der Waals surface area contributed by atoms with E-state index in [2.05, 4.69) is 10.5 Å². The van der Waals surface area contributed by atoms with Crippen molar-refractivity contribution in [1.82, 2.24) is 9.99 Å². The Hall–Kier alpha value is -1.34. The number of hydrogen-bond acceptors (Lipinski definition) is 4. The van der Waals surface area contributed by atoms with Gasteiger partial charge in [-0.05, 0) is 18.2 Å². The Labute approximate surface area is 138 Å². The predicted octanol–water partition coefficient (Wildman–Crippen LogP) is 3.85. The maximum absolute atomic E-state index is 12.0. The van der Waals surface area contributed by atoms with Gasteiger partial charge in [0, 0.05) is 7.05 Å². The zero-order chi connectivity index (χ0) is 15.0. The molecule has 0 atom stereocenters. The number of para-hydroxylation sites is 1. The van der Waals surface area contributed by atoms with E-state index in [4.69, 9.17) is 23.2 Å². The van der Waals surface area contributed by atoms with Crippen molar-refractivity contribution in [3.05, 3.63) is 49.4 Å². The number of nitrogens with one attached hydrogen (secondary N) is 1. The lowest BCUT2D eigenvalue weighted by Gasteiger charge is -1.97. The highest BCUT2D eigenvalue weighted by Crippen LogP contribution is 2.30. The molecule has 1 amide bonds. The van der Waals surface area contributed by atoms with Crippen molar-refractivity contribution in [2.24, 2.45) is 12.1 Å². The van der Waals surface area contributed by atoms with E-state index in [-0.39, 0.29) is 5.91 Å². The maximum atomic E-state index is 12.0. The van der Waals surface area contributed by atoms with Crippen LogP contribution in [0.5, 0.6) is 0 Å². The van der Waals surface area contributed by atoms with Crippen LogP contribution >= 0.6 is 45.9 Å². The molecule has 0 aliphatic rings. The number of halogens is 2. The largest absolute Gasteiger partial charge is 0.318 e. The van der Waals surface area contributed by atoms with E-state index in [0.717, 1.165) is 21.6 Å². The van der Waals surface area contributed by atoms with Crippen LogP contribution in [-0.4, -0.2) is 10.5 Å². The normalized spacial score (nSPS) is 12.0. The van der Waals surface area contributed by atoms with Gasteiger partial charge in [0.25, 0.3) is 5.91 Å². The van der Waals surface area contributed by atoms with E-state index in [9.17, 15) is 4.79 Å². The van der Waals surface area contributed by atoms with Crippen LogP contribution in [0.15, 0.2) is 35.4 Å². The minimum absolute atomic E-state index is 0.333. The van der Waals surface area contributed by atoms with E-state index in [1.165, 1.54) is 17.4 Å². The molecule has 21 heavy (non-hydrogen) atoms. The molecule has 0 spiro atoms. The van der Waals surface area contributed by atoms with Gasteiger partial charge >= 0.3 is 0 Å². The Morgan fingerprint density at radius 2 is 2.05 bits per heavy atom. The van der Waals surface area contributed by atoms with Gasteiger partial charge in [0.15, 0.2) is 0 Å². The second-order valence-corrected chi connectivity index (χ2v) is 7.50. The Kier molecular flexibility index (Phi) is 4.03. The lowest BCUT2D eigenvalue weighted by molar-refractivity contribution is 0.0953. The second-order valence-electron chi connectivity index (χ2n) is 4.20. The summed E-state index contributed by atoms with van der Waals surface area (Å²) in [4.78, 5) is 12.7. The van der Waals surface area contributed by atoms with Gasteiger partial charge in [-0.1, -0.05) is 46.7 Å². The highest BCUT2D eigenvalue weighted by Gasteiger charge is 2.13. The molecule has 1 aromatic carbocycles. The zero-order valence-corrected chi connectivity index (χ0v) is 13.9. The van der Waals surface area contributed by atoms with Crippen LogP contribution in [0.4, 0.5) is 0 Å². The van der Waals surface area contributed by atoms with Gasteiger partial charge in [-0.2, -0.15) is 0 Å². The number of thiophene rings is 1.